The number of hydrogen-bond acceptors (Lipinski definition) is 5. The molecule has 0 aromatic carbocycles. The smallest absolute Gasteiger partial charge is 0.325 e. The first-order chi connectivity index (χ1) is 17.5. The summed E-state index contributed by atoms with van der Waals surface area (Å²) in [6, 6.07) is 0.229. The van der Waals surface area contributed by atoms with E-state index in [2.05, 4.69) is 19.8 Å². The third-order valence-electron chi connectivity index (χ3n) is 9.03. The molecule has 4 aliphatic rings. The van der Waals surface area contributed by atoms with Crippen LogP contribution in [-0.2, 0) is 22.4 Å². The van der Waals surface area contributed by atoms with E-state index in [1.807, 2.05) is 4.90 Å². The van der Waals surface area contributed by atoms with Crippen molar-refractivity contribution < 1.29 is 9.59 Å². The van der Waals surface area contributed by atoms with E-state index in [9.17, 15) is 19.2 Å². The van der Waals surface area contributed by atoms with Gasteiger partial charge < -0.3 is 19.7 Å². The SMILES string of the molecule is O=C(CCN1CCCCC1)N1CCC(C2CCCCN2C(=O)C2CCc3[nH]c(=O)[nH]c(=O)c3C2)CC1. The number of nitrogens with zero attached hydrogens (tertiary/aromatic N) is 3. The maximum absolute atomic E-state index is 13.7. The van der Waals surface area contributed by atoms with Gasteiger partial charge in [0.25, 0.3) is 5.56 Å². The van der Waals surface area contributed by atoms with Crippen LogP contribution in [0.1, 0.15) is 75.5 Å². The van der Waals surface area contributed by atoms with Crippen molar-refractivity contribution in [3.8, 4) is 0 Å². The lowest BCUT2D eigenvalue weighted by Gasteiger charge is -2.45. The molecule has 9 nitrogen and oxygen atoms in total. The third kappa shape index (κ3) is 5.61. The standard InChI is InChI=1S/C27H41N5O4/c33-24(11-15-30-12-3-1-4-13-30)31-16-9-19(10-17-31)23-6-2-5-14-32(23)26(35)20-7-8-22-21(18-20)25(34)29-27(36)28-22/h19-20,23H,1-18H2,(H2,28,29,34,36). The Morgan fingerprint density at radius 2 is 1.58 bits per heavy atom. The van der Waals surface area contributed by atoms with Crippen molar-refractivity contribution in [1.82, 2.24) is 24.7 Å². The van der Waals surface area contributed by atoms with E-state index in [4.69, 9.17) is 0 Å². The van der Waals surface area contributed by atoms with Crippen LogP contribution >= 0.6 is 0 Å². The predicted molar refractivity (Wildman–Crippen MR) is 137 cm³/mol. The van der Waals surface area contributed by atoms with E-state index in [1.54, 1.807) is 0 Å². The second kappa shape index (κ2) is 11.3. The van der Waals surface area contributed by atoms with Crippen molar-refractivity contribution in [1.29, 1.82) is 0 Å². The molecular weight excluding hydrogens is 458 g/mol. The van der Waals surface area contributed by atoms with Gasteiger partial charge in [0, 0.05) is 55.8 Å². The summed E-state index contributed by atoms with van der Waals surface area (Å²) in [5.41, 5.74) is 0.402. The maximum Gasteiger partial charge on any atom is 0.325 e. The van der Waals surface area contributed by atoms with Gasteiger partial charge in [-0.1, -0.05) is 6.42 Å². The molecular formula is C27H41N5O4. The van der Waals surface area contributed by atoms with Gasteiger partial charge in [0.2, 0.25) is 11.8 Å². The van der Waals surface area contributed by atoms with Crippen LogP contribution in [0.4, 0.5) is 0 Å². The van der Waals surface area contributed by atoms with Gasteiger partial charge in [-0.2, -0.15) is 0 Å². The Morgan fingerprint density at radius 1 is 0.833 bits per heavy atom. The number of amides is 2. The van der Waals surface area contributed by atoms with E-state index >= 15 is 0 Å². The van der Waals surface area contributed by atoms with Gasteiger partial charge in [-0.05, 0) is 83.2 Å². The Labute approximate surface area is 212 Å². The van der Waals surface area contributed by atoms with Crippen molar-refractivity contribution in [2.45, 2.75) is 83.1 Å². The molecule has 2 unspecified atom stereocenters. The van der Waals surface area contributed by atoms with E-state index in [0.717, 1.165) is 71.4 Å². The monoisotopic (exact) mass is 499 g/mol. The number of likely N-dealkylation sites (tertiary alicyclic amines) is 3. The topological polar surface area (TPSA) is 110 Å². The highest BCUT2D eigenvalue weighted by Gasteiger charge is 2.39. The number of carbonyl (C=O) groups excluding carboxylic acids is 2. The summed E-state index contributed by atoms with van der Waals surface area (Å²) in [6.45, 7) is 5.50. The number of piperidine rings is 3. The zero-order valence-electron chi connectivity index (χ0n) is 21.4. The number of rotatable bonds is 5. The number of carbonyl (C=O) groups is 2. The Morgan fingerprint density at radius 3 is 2.36 bits per heavy atom. The number of aromatic amines is 2. The third-order valence-corrected chi connectivity index (χ3v) is 9.03. The van der Waals surface area contributed by atoms with Crippen LogP contribution in [0.15, 0.2) is 9.59 Å². The first-order valence-electron chi connectivity index (χ1n) is 14.1. The summed E-state index contributed by atoms with van der Waals surface area (Å²) in [6.07, 6.45) is 11.1. The minimum absolute atomic E-state index is 0.163. The molecule has 2 atom stereocenters. The van der Waals surface area contributed by atoms with Crippen LogP contribution in [0.2, 0.25) is 0 Å². The summed E-state index contributed by atoms with van der Waals surface area (Å²) in [4.78, 5) is 62.1. The molecule has 2 N–H and O–H groups in total. The number of aromatic nitrogens is 2. The van der Waals surface area contributed by atoms with Gasteiger partial charge >= 0.3 is 5.69 Å². The van der Waals surface area contributed by atoms with Crippen LogP contribution < -0.4 is 11.2 Å². The van der Waals surface area contributed by atoms with Gasteiger partial charge in [-0.15, -0.1) is 0 Å². The lowest BCUT2D eigenvalue weighted by Crippen LogP contribution is -2.53. The minimum atomic E-state index is -0.476. The predicted octanol–water partition coefficient (Wildman–Crippen LogP) is 1.66. The molecule has 5 rings (SSSR count). The lowest BCUT2D eigenvalue weighted by molar-refractivity contribution is -0.143. The molecule has 1 aromatic rings. The van der Waals surface area contributed by atoms with Crippen molar-refractivity contribution >= 4 is 11.8 Å². The summed E-state index contributed by atoms with van der Waals surface area (Å²) in [5, 5.41) is 0. The van der Waals surface area contributed by atoms with Crippen molar-refractivity contribution in [3.63, 3.8) is 0 Å². The zero-order valence-corrected chi connectivity index (χ0v) is 21.4. The van der Waals surface area contributed by atoms with Crippen molar-refractivity contribution in [2.24, 2.45) is 11.8 Å². The van der Waals surface area contributed by atoms with E-state index in [-0.39, 0.29) is 29.3 Å². The highest BCUT2D eigenvalue weighted by molar-refractivity contribution is 5.80. The Bertz CT molecular complexity index is 1050. The van der Waals surface area contributed by atoms with Gasteiger partial charge in [0.15, 0.2) is 0 Å². The molecule has 4 heterocycles. The van der Waals surface area contributed by atoms with Gasteiger partial charge in [-0.25, -0.2) is 4.79 Å². The lowest BCUT2D eigenvalue weighted by atomic mass is 9.81. The highest BCUT2D eigenvalue weighted by atomic mass is 16.2. The zero-order chi connectivity index (χ0) is 25.1. The average molecular weight is 500 g/mol. The molecule has 1 aliphatic carbocycles. The summed E-state index contributed by atoms with van der Waals surface area (Å²) in [5.74, 6) is 0.660. The fourth-order valence-electron chi connectivity index (χ4n) is 6.95. The molecule has 3 saturated heterocycles. The fraction of sp³-hybridized carbons (Fsp3) is 0.778. The number of aryl methyl sites for hydroxylation is 1. The number of H-pyrrole nitrogens is 2. The van der Waals surface area contributed by atoms with Crippen LogP contribution in [0, 0.1) is 11.8 Å². The fourth-order valence-corrected chi connectivity index (χ4v) is 6.95. The van der Waals surface area contributed by atoms with Crippen LogP contribution in [0.5, 0.6) is 0 Å². The van der Waals surface area contributed by atoms with E-state index < -0.39 is 5.69 Å². The van der Waals surface area contributed by atoms with E-state index in [0.29, 0.717) is 42.9 Å². The summed E-state index contributed by atoms with van der Waals surface area (Å²) in [7, 11) is 0. The minimum Gasteiger partial charge on any atom is -0.343 e. The molecule has 0 saturated carbocycles. The largest absolute Gasteiger partial charge is 0.343 e. The van der Waals surface area contributed by atoms with Crippen LogP contribution in [0.3, 0.4) is 0 Å². The molecule has 36 heavy (non-hydrogen) atoms. The molecule has 0 radical (unpaired) electrons. The summed E-state index contributed by atoms with van der Waals surface area (Å²) < 4.78 is 0. The number of nitrogens with one attached hydrogen (secondary N) is 2. The first kappa shape index (κ1) is 25.2. The molecule has 2 amide bonds. The average Bonchev–Trinajstić information content (AvgIpc) is 2.92. The molecule has 3 fully saturated rings. The quantitative estimate of drug-likeness (QED) is 0.641. The molecule has 1 aromatic heterocycles. The highest BCUT2D eigenvalue weighted by Crippen LogP contribution is 2.33. The molecule has 198 valence electrons. The van der Waals surface area contributed by atoms with Crippen LogP contribution in [-0.4, -0.2) is 81.8 Å². The second-order valence-electron chi connectivity index (χ2n) is 11.3. The van der Waals surface area contributed by atoms with Gasteiger partial charge in [-0.3, -0.25) is 19.4 Å². The number of fused-ring (bicyclic) bond motifs is 1. The Kier molecular flexibility index (Phi) is 7.93. The summed E-state index contributed by atoms with van der Waals surface area (Å²) >= 11 is 0. The van der Waals surface area contributed by atoms with Gasteiger partial charge in [0.05, 0.1) is 0 Å². The van der Waals surface area contributed by atoms with Gasteiger partial charge in [0.1, 0.15) is 0 Å². The second-order valence-corrected chi connectivity index (χ2v) is 11.3. The van der Waals surface area contributed by atoms with Crippen LogP contribution in [0.25, 0.3) is 0 Å². The molecule has 0 bridgehead atoms. The molecule has 9 heteroatoms. The Hall–Kier alpha value is -2.42. The van der Waals surface area contributed by atoms with Crippen molar-refractivity contribution in [2.75, 3.05) is 39.3 Å². The molecule has 0 spiro atoms. The Balaban J connectivity index is 1.16. The first-order valence-corrected chi connectivity index (χ1v) is 14.1. The normalized spacial score (nSPS) is 26.0. The van der Waals surface area contributed by atoms with Crippen molar-refractivity contribution in [3.05, 3.63) is 32.1 Å². The molecule has 3 aliphatic heterocycles. The maximum atomic E-state index is 13.7. The van der Waals surface area contributed by atoms with E-state index in [1.165, 1.54) is 19.3 Å². The number of hydrogen-bond donors (Lipinski definition) is 2.